The minimum atomic E-state index is 0.556. The van der Waals surface area contributed by atoms with Crippen molar-refractivity contribution in [2.24, 2.45) is 5.92 Å². The van der Waals surface area contributed by atoms with Crippen LogP contribution in [-0.4, -0.2) is 52.6 Å². The summed E-state index contributed by atoms with van der Waals surface area (Å²) in [4.78, 5) is 18.2. The van der Waals surface area contributed by atoms with E-state index >= 15 is 0 Å². The lowest BCUT2D eigenvalue weighted by Crippen LogP contribution is -2.48. The first-order chi connectivity index (χ1) is 12.3. The highest BCUT2D eigenvalue weighted by Crippen LogP contribution is 2.35. The average molecular weight is 339 g/mol. The zero-order valence-electron chi connectivity index (χ0n) is 14.9. The Kier molecular flexibility index (Phi) is 4.53. The lowest BCUT2D eigenvalue weighted by Gasteiger charge is -2.39. The highest BCUT2D eigenvalue weighted by molar-refractivity contribution is 5.48. The molecule has 0 aliphatic carbocycles. The zero-order valence-corrected chi connectivity index (χ0v) is 14.9. The van der Waals surface area contributed by atoms with E-state index in [1.165, 1.54) is 18.4 Å². The standard InChI is InChI=1S/C19H25N5O/c1-14-16(4-3-7-20-14)12-23-10-5-15-6-11-24(13-17(15)23)18-19(25-2)22-9-8-21-18/h3-4,7-9,15,17H,5-6,10-13H2,1-2H3. The van der Waals surface area contributed by atoms with Crippen LogP contribution in [0.15, 0.2) is 30.7 Å². The van der Waals surface area contributed by atoms with E-state index in [-0.39, 0.29) is 0 Å². The number of aromatic nitrogens is 3. The van der Waals surface area contributed by atoms with Crippen LogP contribution in [0.5, 0.6) is 5.88 Å². The van der Waals surface area contributed by atoms with Gasteiger partial charge >= 0.3 is 0 Å². The molecule has 2 atom stereocenters. The molecule has 4 heterocycles. The van der Waals surface area contributed by atoms with Crippen molar-refractivity contribution >= 4 is 5.82 Å². The third-order valence-electron chi connectivity index (χ3n) is 5.61. The fraction of sp³-hybridized carbons (Fsp3) is 0.526. The summed E-state index contributed by atoms with van der Waals surface area (Å²) >= 11 is 0. The van der Waals surface area contributed by atoms with Crippen molar-refractivity contribution in [3.05, 3.63) is 42.0 Å². The van der Waals surface area contributed by atoms with Crippen molar-refractivity contribution in [2.75, 3.05) is 31.6 Å². The molecule has 0 aromatic carbocycles. The summed E-state index contributed by atoms with van der Waals surface area (Å²) in [6.45, 7) is 6.25. The van der Waals surface area contributed by atoms with Crippen molar-refractivity contribution < 1.29 is 4.74 Å². The monoisotopic (exact) mass is 339 g/mol. The number of hydrogen-bond donors (Lipinski definition) is 0. The molecule has 2 aromatic heterocycles. The van der Waals surface area contributed by atoms with E-state index in [9.17, 15) is 0 Å². The topological polar surface area (TPSA) is 54.4 Å². The molecular weight excluding hydrogens is 314 g/mol. The predicted molar refractivity (Wildman–Crippen MR) is 96.7 cm³/mol. The Hall–Kier alpha value is -2.21. The van der Waals surface area contributed by atoms with Gasteiger partial charge in [0.2, 0.25) is 0 Å². The van der Waals surface area contributed by atoms with Gasteiger partial charge < -0.3 is 9.64 Å². The largest absolute Gasteiger partial charge is 0.478 e. The lowest BCUT2D eigenvalue weighted by atomic mass is 9.92. The third kappa shape index (κ3) is 3.18. The number of nitrogens with zero attached hydrogens (tertiary/aromatic N) is 5. The number of rotatable bonds is 4. The minimum absolute atomic E-state index is 0.556. The molecule has 0 spiro atoms. The van der Waals surface area contributed by atoms with Crippen molar-refractivity contribution in [3.8, 4) is 5.88 Å². The maximum absolute atomic E-state index is 5.41. The van der Waals surface area contributed by atoms with E-state index < -0.39 is 0 Å². The maximum Gasteiger partial charge on any atom is 0.257 e. The number of piperidine rings is 1. The number of ether oxygens (including phenoxy) is 1. The van der Waals surface area contributed by atoms with Gasteiger partial charge in [-0.1, -0.05) is 6.07 Å². The third-order valence-corrected chi connectivity index (χ3v) is 5.61. The van der Waals surface area contributed by atoms with Gasteiger partial charge in [-0.2, -0.15) is 0 Å². The van der Waals surface area contributed by atoms with Crippen molar-refractivity contribution in [1.82, 2.24) is 19.9 Å². The predicted octanol–water partition coefficient (Wildman–Crippen LogP) is 2.29. The summed E-state index contributed by atoms with van der Waals surface area (Å²) in [7, 11) is 1.66. The average Bonchev–Trinajstić information content (AvgIpc) is 3.05. The first-order valence-corrected chi connectivity index (χ1v) is 9.00. The van der Waals surface area contributed by atoms with E-state index in [0.29, 0.717) is 11.9 Å². The molecule has 2 aliphatic rings. The van der Waals surface area contributed by atoms with Gasteiger partial charge in [-0.3, -0.25) is 9.88 Å². The molecule has 6 nitrogen and oxygen atoms in total. The Labute approximate surface area is 148 Å². The van der Waals surface area contributed by atoms with Crippen LogP contribution in [0, 0.1) is 12.8 Å². The van der Waals surface area contributed by atoms with Crippen LogP contribution in [0.25, 0.3) is 0 Å². The van der Waals surface area contributed by atoms with Gasteiger partial charge in [0.05, 0.1) is 7.11 Å². The van der Waals surface area contributed by atoms with Crippen LogP contribution < -0.4 is 9.64 Å². The summed E-state index contributed by atoms with van der Waals surface area (Å²) in [6, 6.07) is 4.79. The fourth-order valence-corrected chi connectivity index (χ4v) is 4.20. The number of pyridine rings is 1. The molecule has 2 unspecified atom stereocenters. The smallest absolute Gasteiger partial charge is 0.257 e. The molecule has 0 radical (unpaired) electrons. The number of aryl methyl sites for hydroxylation is 1. The van der Waals surface area contributed by atoms with Gasteiger partial charge in [0.1, 0.15) is 0 Å². The van der Waals surface area contributed by atoms with Crippen LogP contribution in [0.1, 0.15) is 24.1 Å². The summed E-state index contributed by atoms with van der Waals surface area (Å²) in [5.41, 5.74) is 2.46. The molecule has 0 saturated carbocycles. The number of hydrogen-bond acceptors (Lipinski definition) is 6. The Morgan fingerprint density at radius 1 is 1.12 bits per heavy atom. The highest BCUT2D eigenvalue weighted by atomic mass is 16.5. The second kappa shape index (κ2) is 6.96. The molecule has 2 fully saturated rings. The molecule has 25 heavy (non-hydrogen) atoms. The van der Waals surface area contributed by atoms with Crippen LogP contribution in [0.2, 0.25) is 0 Å². The van der Waals surface area contributed by atoms with E-state index in [4.69, 9.17) is 4.74 Å². The molecule has 2 aliphatic heterocycles. The number of methoxy groups -OCH3 is 1. The van der Waals surface area contributed by atoms with Crippen LogP contribution >= 0.6 is 0 Å². The summed E-state index contributed by atoms with van der Waals surface area (Å²) < 4.78 is 5.41. The number of anilines is 1. The van der Waals surface area contributed by atoms with Gasteiger partial charge in [-0.05, 0) is 43.9 Å². The molecule has 4 rings (SSSR count). The highest BCUT2D eigenvalue weighted by Gasteiger charge is 2.39. The minimum Gasteiger partial charge on any atom is -0.478 e. The Bertz CT molecular complexity index is 737. The summed E-state index contributed by atoms with van der Waals surface area (Å²) in [6.07, 6.45) is 7.79. The lowest BCUT2D eigenvalue weighted by molar-refractivity contribution is 0.199. The fourth-order valence-electron chi connectivity index (χ4n) is 4.20. The number of fused-ring (bicyclic) bond motifs is 1. The van der Waals surface area contributed by atoms with Crippen LogP contribution in [-0.2, 0) is 6.54 Å². The molecule has 0 N–H and O–H groups in total. The second-order valence-electron chi connectivity index (χ2n) is 6.96. The zero-order chi connectivity index (χ0) is 17.2. The molecule has 6 heteroatoms. The summed E-state index contributed by atoms with van der Waals surface area (Å²) in [5, 5.41) is 0. The van der Waals surface area contributed by atoms with Gasteiger partial charge in [-0.15, -0.1) is 0 Å². The van der Waals surface area contributed by atoms with E-state index in [2.05, 4.69) is 37.7 Å². The quantitative estimate of drug-likeness (QED) is 0.852. The van der Waals surface area contributed by atoms with E-state index in [0.717, 1.165) is 43.6 Å². The van der Waals surface area contributed by atoms with Crippen molar-refractivity contribution in [2.45, 2.75) is 32.4 Å². The molecule has 2 saturated heterocycles. The van der Waals surface area contributed by atoms with Crippen molar-refractivity contribution in [1.29, 1.82) is 0 Å². The Morgan fingerprint density at radius 2 is 1.96 bits per heavy atom. The number of likely N-dealkylation sites (tertiary alicyclic amines) is 1. The van der Waals surface area contributed by atoms with Gasteiger partial charge in [-0.25, -0.2) is 9.97 Å². The Balaban J connectivity index is 1.52. The summed E-state index contributed by atoms with van der Waals surface area (Å²) in [5.74, 6) is 2.26. The van der Waals surface area contributed by atoms with Crippen LogP contribution in [0.4, 0.5) is 5.82 Å². The molecule has 0 bridgehead atoms. The molecule has 0 amide bonds. The van der Waals surface area contributed by atoms with Gasteiger partial charge in [0.25, 0.3) is 5.88 Å². The van der Waals surface area contributed by atoms with Gasteiger partial charge in [0, 0.05) is 50.0 Å². The molecular formula is C19H25N5O. The first-order valence-electron chi connectivity index (χ1n) is 9.00. The molecule has 132 valence electrons. The van der Waals surface area contributed by atoms with Crippen molar-refractivity contribution in [3.63, 3.8) is 0 Å². The normalized spacial score (nSPS) is 23.5. The SMILES string of the molecule is COc1nccnc1N1CCC2CCN(Cc3cccnc3C)C2C1. The van der Waals surface area contributed by atoms with Crippen LogP contribution in [0.3, 0.4) is 0 Å². The second-order valence-corrected chi connectivity index (χ2v) is 6.96. The molecule has 2 aromatic rings. The van der Waals surface area contributed by atoms with E-state index in [1.807, 2.05) is 12.3 Å². The maximum atomic E-state index is 5.41. The first kappa shape index (κ1) is 16.3. The van der Waals surface area contributed by atoms with Gasteiger partial charge in [0.15, 0.2) is 5.82 Å². The Morgan fingerprint density at radius 3 is 2.80 bits per heavy atom. The van der Waals surface area contributed by atoms with E-state index in [1.54, 1.807) is 19.5 Å².